The Kier molecular flexibility index (Phi) is 4.99. The molecule has 0 saturated heterocycles. The van der Waals surface area contributed by atoms with Crippen molar-refractivity contribution < 1.29 is 9.84 Å². The van der Waals surface area contributed by atoms with Gasteiger partial charge in [0.25, 0.3) is 0 Å². The summed E-state index contributed by atoms with van der Waals surface area (Å²) < 4.78 is 5.72. The Morgan fingerprint density at radius 1 is 1.41 bits per heavy atom. The highest BCUT2D eigenvalue weighted by molar-refractivity contribution is 5.03. The minimum absolute atomic E-state index is 0.00673. The van der Waals surface area contributed by atoms with Gasteiger partial charge in [0.15, 0.2) is 0 Å². The van der Waals surface area contributed by atoms with Crippen molar-refractivity contribution >= 4 is 0 Å². The van der Waals surface area contributed by atoms with Crippen molar-refractivity contribution in [3.8, 4) is 0 Å². The molecule has 0 radical (unpaired) electrons. The molecule has 3 heteroatoms. The van der Waals surface area contributed by atoms with Crippen molar-refractivity contribution in [1.82, 2.24) is 5.32 Å². The molecule has 0 aromatic rings. The average Bonchev–Trinajstić information content (AvgIpc) is 2.32. The molecular weight excluding hydrogens is 214 g/mol. The van der Waals surface area contributed by atoms with Crippen LogP contribution >= 0.6 is 0 Å². The van der Waals surface area contributed by atoms with Crippen LogP contribution in [0.15, 0.2) is 0 Å². The van der Waals surface area contributed by atoms with Crippen LogP contribution in [0.3, 0.4) is 0 Å². The first-order chi connectivity index (χ1) is 7.89. The van der Waals surface area contributed by atoms with Crippen LogP contribution in [0.25, 0.3) is 0 Å². The Balaban J connectivity index is 2.40. The van der Waals surface area contributed by atoms with Crippen molar-refractivity contribution in [2.75, 3.05) is 19.8 Å². The van der Waals surface area contributed by atoms with Gasteiger partial charge in [0.1, 0.15) is 0 Å². The molecule has 3 atom stereocenters. The highest BCUT2D eigenvalue weighted by atomic mass is 16.5. The number of hydrogen-bond acceptors (Lipinski definition) is 3. The number of aliphatic hydroxyl groups excluding tert-OH is 1. The zero-order valence-electron chi connectivity index (χ0n) is 12.0. The van der Waals surface area contributed by atoms with Crippen molar-refractivity contribution in [2.45, 2.75) is 59.6 Å². The second-order valence-corrected chi connectivity index (χ2v) is 6.26. The number of ether oxygens (including phenoxy) is 1. The molecule has 17 heavy (non-hydrogen) atoms. The SMILES string of the molecule is CCOC1CC(NCC(C)(CC)CO)C1(C)C. The van der Waals surface area contributed by atoms with Crippen molar-refractivity contribution in [3.05, 3.63) is 0 Å². The Labute approximate surface area is 106 Å². The third kappa shape index (κ3) is 3.21. The summed E-state index contributed by atoms with van der Waals surface area (Å²) in [5.74, 6) is 0. The smallest absolute Gasteiger partial charge is 0.0655 e. The Morgan fingerprint density at radius 2 is 2.06 bits per heavy atom. The van der Waals surface area contributed by atoms with Gasteiger partial charge in [-0.25, -0.2) is 0 Å². The van der Waals surface area contributed by atoms with Gasteiger partial charge >= 0.3 is 0 Å². The van der Waals surface area contributed by atoms with Gasteiger partial charge in [0.05, 0.1) is 6.10 Å². The first-order valence-electron chi connectivity index (χ1n) is 6.85. The number of nitrogens with one attached hydrogen (secondary N) is 1. The summed E-state index contributed by atoms with van der Waals surface area (Å²) in [6.45, 7) is 12.8. The summed E-state index contributed by atoms with van der Waals surface area (Å²) in [5, 5.41) is 13.0. The van der Waals surface area contributed by atoms with E-state index in [1.807, 2.05) is 0 Å². The minimum atomic E-state index is 0.00673. The van der Waals surface area contributed by atoms with Crippen molar-refractivity contribution in [3.63, 3.8) is 0 Å². The molecule has 0 aromatic carbocycles. The molecule has 2 N–H and O–H groups in total. The van der Waals surface area contributed by atoms with E-state index < -0.39 is 0 Å². The van der Waals surface area contributed by atoms with E-state index in [9.17, 15) is 5.11 Å². The lowest BCUT2D eigenvalue weighted by Gasteiger charge is -2.52. The average molecular weight is 243 g/mol. The lowest BCUT2D eigenvalue weighted by atomic mass is 9.64. The normalized spacial score (nSPS) is 30.7. The zero-order chi connectivity index (χ0) is 13.1. The lowest BCUT2D eigenvalue weighted by molar-refractivity contribution is -0.116. The fourth-order valence-electron chi connectivity index (χ4n) is 2.38. The fraction of sp³-hybridized carbons (Fsp3) is 1.00. The van der Waals surface area contributed by atoms with E-state index in [1.54, 1.807) is 0 Å². The molecule has 0 heterocycles. The standard InChI is InChI=1S/C14H29NO2/c1-6-14(5,10-16)9-15-11-8-12(17-7-2)13(11,3)4/h11-12,15-16H,6-10H2,1-5H3. The van der Waals surface area contributed by atoms with Gasteiger partial charge in [-0.1, -0.05) is 27.7 Å². The third-order valence-corrected chi connectivity index (χ3v) is 4.56. The highest BCUT2D eigenvalue weighted by Gasteiger charge is 2.48. The summed E-state index contributed by atoms with van der Waals surface area (Å²) in [6, 6.07) is 0.511. The molecule has 3 nitrogen and oxygen atoms in total. The molecule has 3 unspecified atom stereocenters. The Hall–Kier alpha value is -0.120. The van der Waals surface area contributed by atoms with Gasteiger partial charge in [-0.05, 0) is 19.8 Å². The molecule has 0 aliphatic heterocycles. The van der Waals surface area contributed by atoms with Gasteiger partial charge in [-0.3, -0.25) is 0 Å². The second kappa shape index (κ2) is 5.68. The molecule has 0 spiro atoms. The molecule has 1 fully saturated rings. The highest BCUT2D eigenvalue weighted by Crippen LogP contribution is 2.43. The number of aliphatic hydroxyl groups is 1. The van der Waals surface area contributed by atoms with Crippen LogP contribution < -0.4 is 5.32 Å². The maximum atomic E-state index is 9.39. The van der Waals surface area contributed by atoms with Crippen LogP contribution in [-0.4, -0.2) is 37.0 Å². The maximum absolute atomic E-state index is 9.39. The largest absolute Gasteiger partial charge is 0.396 e. The summed E-state index contributed by atoms with van der Waals surface area (Å²) in [5.41, 5.74) is 0.215. The van der Waals surface area contributed by atoms with Crippen LogP contribution in [-0.2, 0) is 4.74 Å². The van der Waals surface area contributed by atoms with E-state index in [-0.39, 0.29) is 17.4 Å². The van der Waals surface area contributed by atoms with E-state index in [4.69, 9.17) is 4.74 Å². The van der Waals surface area contributed by atoms with E-state index in [0.29, 0.717) is 12.1 Å². The summed E-state index contributed by atoms with van der Waals surface area (Å²) in [6.07, 6.45) is 2.47. The molecule has 0 bridgehead atoms. The van der Waals surface area contributed by atoms with Crippen molar-refractivity contribution in [2.24, 2.45) is 10.8 Å². The molecule has 1 rings (SSSR count). The van der Waals surface area contributed by atoms with Gasteiger partial charge < -0.3 is 15.2 Å². The van der Waals surface area contributed by atoms with Crippen LogP contribution in [0.2, 0.25) is 0 Å². The first kappa shape index (κ1) is 14.9. The number of rotatable bonds is 7. The molecule has 1 saturated carbocycles. The number of hydrogen-bond donors (Lipinski definition) is 2. The quantitative estimate of drug-likeness (QED) is 0.720. The summed E-state index contributed by atoms with van der Waals surface area (Å²) in [4.78, 5) is 0. The topological polar surface area (TPSA) is 41.5 Å². The van der Waals surface area contributed by atoms with Crippen molar-refractivity contribution in [1.29, 1.82) is 0 Å². The van der Waals surface area contributed by atoms with Crippen LogP contribution in [0, 0.1) is 10.8 Å². The maximum Gasteiger partial charge on any atom is 0.0655 e. The summed E-state index contributed by atoms with van der Waals surface area (Å²) in [7, 11) is 0. The molecule has 1 aliphatic rings. The van der Waals surface area contributed by atoms with E-state index >= 15 is 0 Å². The second-order valence-electron chi connectivity index (χ2n) is 6.26. The summed E-state index contributed by atoms with van der Waals surface area (Å²) >= 11 is 0. The zero-order valence-corrected chi connectivity index (χ0v) is 12.0. The third-order valence-electron chi connectivity index (χ3n) is 4.56. The predicted molar refractivity (Wildman–Crippen MR) is 71.1 cm³/mol. The molecule has 0 amide bonds. The van der Waals surface area contributed by atoms with Gasteiger partial charge in [0.2, 0.25) is 0 Å². The van der Waals surface area contributed by atoms with Crippen LogP contribution in [0.1, 0.15) is 47.5 Å². The molecule has 1 aliphatic carbocycles. The van der Waals surface area contributed by atoms with Gasteiger partial charge in [0, 0.05) is 36.6 Å². The lowest BCUT2D eigenvalue weighted by Crippen LogP contribution is -2.62. The van der Waals surface area contributed by atoms with Crippen LogP contribution in [0.5, 0.6) is 0 Å². The molecule has 102 valence electrons. The van der Waals surface area contributed by atoms with E-state index in [1.165, 1.54) is 0 Å². The molecule has 0 aromatic heterocycles. The van der Waals surface area contributed by atoms with Gasteiger partial charge in [-0.15, -0.1) is 0 Å². The van der Waals surface area contributed by atoms with Crippen LogP contribution in [0.4, 0.5) is 0 Å². The monoisotopic (exact) mass is 243 g/mol. The Bertz CT molecular complexity index is 236. The van der Waals surface area contributed by atoms with E-state index in [0.717, 1.165) is 26.0 Å². The predicted octanol–water partition coefficient (Wildman–Crippen LogP) is 2.19. The minimum Gasteiger partial charge on any atom is -0.396 e. The first-order valence-corrected chi connectivity index (χ1v) is 6.85. The Morgan fingerprint density at radius 3 is 2.47 bits per heavy atom. The van der Waals surface area contributed by atoms with Gasteiger partial charge in [-0.2, -0.15) is 0 Å². The van der Waals surface area contributed by atoms with E-state index in [2.05, 4.69) is 39.9 Å². The fourth-order valence-corrected chi connectivity index (χ4v) is 2.38. The molecular formula is C14H29NO2.